The van der Waals surface area contributed by atoms with Crippen molar-refractivity contribution < 1.29 is 17.9 Å². The van der Waals surface area contributed by atoms with Crippen LogP contribution in [0, 0.1) is 0 Å². The first-order chi connectivity index (χ1) is 6.87. The molecule has 0 aliphatic rings. The number of hydrogen-bond acceptors (Lipinski definition) is 4. The normalized spacial score (nSPS) is 10.8. The van der Waals surface area contributed by atoms with E-state index in [0.29, 0.717) is 0 Å². The Balaban J connectivity index is 2.63. The summed E-state index contributed by atoms with van der Waals surface area (Å²) in [6, 6.07) is 6.25. The Morgan fingerprint density at radius 2 is 1.87 bits per heavy atom. The van der Waals surface area contributed by atoms with Gasteiger partial charge in [0.1, 0.15) is 5.75 Å². The second kappa shape index (κ2) is 4.82. The maximum atomic E-state index is 10.9. The Hall–Kier alpha value is -0.790. The van der Waals surface area contributed by atoms with Crippen LogP contribution in [0.4, 0.5) is 4.79 Å². The number of benzene rings is 1. The predicted molar refractivity (Wildman–Crippen MR) is 58.1 cm³/mol. The van der Waals surface area contributed by atoms with Gasteiger partial charge < -0.3 is 4.74 Å². The number of amides is 1. The topological polar surface area (TPSA) is 72.5 Å². The largest absolute Gasteiger partial charge is 0.427 e. The molecule has 0 unspecified atom stereocenters. The number of halogens is 2. The molecule has 0 saturated heterocycles. The SMILES string of the molecule is O=C(NS(=O)(=O)Cl)Oc1ccc(Br)cc1. The quantitative estimate of drug-likeness (QED) is 0.848. The lowest BCUT2D eigenvalue weighted by Crippen LogP contribution is -2.29. The molecule has 0 spiro atoms. The first-order valence-corrected chi connectivity index (χ1v) is 6.67. The van der Waals surface area contributed by atoms with Gasteiger partial charge in [0.05, 0.1) is 0 Å². The molecule has 1 N–H and O–H groups in total. The van der Waals surface area contributed by atoms with Gasteiger partial charge >= 0.3 is 15.3 Å². The zero-order valence-corrected chi connectivity index (χ0v) is 10.3. The maximum absolute atomic E-state index is 10.9. The Kier molecular flexibility index (Phi) is 3.95. The van der Waals surface area contributed by atoms with Crippen LogP contribution < -0.4 is 9.46 Å². The minimum atomic E-state index is -4.11. The first-order valence-electron chi connectivity index (χ1n) is 3.56. The third-order valence-corrected chi connectivity index (χ3v) is 2.40. The minimum absolute atomic E-state index is 0.205. The fraction of sp³-hybridized carbons (Fsp3) is 0. The van der Waals surface area contributed by atoms with Gasteiger partial charge in [-0.3, -0.25) is 0 Å². The van der Waals surface area contributed by atoms with Crippen molar-refractivity contribution in [2.45, 2.75) is 0 Å². The molecule has 0 heterocycles. The molecule has 1 amide bonds. The van der Waals surface area contributed by atoms with Gasteiger partial charge in [0.25, 0.3) is 0 Å². The molecular weight excluding hydrogens is 310 g/mol. The lowest BCUT2D eigenvalue weighted by atomic mass is 10.3. The molecule has 0 atom stereocenters. The molecule has 0 aliphatic carbocycles. The number of carbonyl (C=O) groups excluding carboxylic acids is 1. The highest BCUT2D eigenvalue weighted by Crippen LogP contribution is 2.16. The molecule has 0 fully saturated rings. The Morgan fingerprint density at radius 3 is 2.33 bits per heavy atom. The van der Waals surface area contributed by atoms with E-state index in [1.807, 2.05) is 0 Å². The second-order valence-corrected chi connectivity index (χ2v) is 5.60. The van der Waals surface area contributed by atoms with Gasteiger partial charge in [0.2, 0.25) is 0 Å². The van der Waals surface area contributed by atoms with Crippen molar-refractivity contribution in [1.82, 2.24) is 4.72 Å². The molecule has 0 aromatic heterocycles. The van der Waals surface area contributed by atoms with E-state index in [9.17, 15) is 13.2 Å². The summed E-state index contributed by atoms with van der Waals surface area (Å²) in [6.07, 6.45) is -1.16. The minimum Gasteiger partial charge on any atom is -0.410 e. The van der Waals surface area contributed by atoms with E-state index in [1.165, 1.54) is 16.9 Å². The van der Waals surface area contributed by atoms with E-state index >= 15 is 0 Å². The van der Waals surface area contributed by atoms with Crippen LogP contribution in [0.15, 0.2) is 28.7 Å². The number of ether oxygens (including phenoxy) is 1. The third-order valence-electron chi connectivity index (χ3n) is 1.23. The highest BCUT2D eigenvalue weighted by Gasteiger charge is 2.12. The molecule has 0 radical (unpaired) electrons. The van der Waals surface area contributed by atoms with Gasteiger partial charge in [-0.05, 0) is 24.3 Å². The van der Waals surface area contributed by atoms with E-state index in [2.05, 4.69) is 20.7 Å². The summed E-state index contributed by atoms with van der Waals surface area (Å²) < 4.78 is 27.7. The smallest absolute Gasteiger partial charge is 0.410 e. The van der Waals surface area contributed by atoms with Crippen molar-refractivity contribution in [3.8, 4) is 5.75 Å². The predicted octanol–water partition coefficient (Wildman–Crippen LogP) is 2.02. The van der Waals surface area contributed by atoms with Crippen LogP contribution in [0.2, 0.25) is 0 Å². The van der Waals surface area contributed by atoms with E-state index in [1.54, 1.807) is 12.1 Å². The van der Waals surface area contributed by atoms with Crippen LogP contribution in [0.25, 0.3) is 0 Å². The van der Waals surface area contributed by atoms with Gasteiger partial charge in [-0.2, -0.15) is 8.42 Å². The van der Waals surface area contributed by atoms with Crippen LogP contribution in [-0.2, 0) is 9.24 Å². The van der Waals surface area contributed by atoms with Gasteiger partial charge in [0.15, 0.2) is 0 Å². The zero-order chi connectivity index (χ0) is 11.5. The molecule has 1 rings (SSSR count). The summed E-state index contributed by atoms with van der Waals surface area (Å²) in [5, 5.41) is 0. The van der Waals surface area contributed by atoms with Gasteiger partial charge in [-0.1, -0.05) is 15.9 Å². The van der Waals surface area contributed by atoms with Gasteiger partial charge in [-0.25, -0.2) is 9.52 Å². The lowest BCUT2D eigenvalue weighted by Gasteiger charge is -2.03. The van der Waals surface area contributed by atoms with E-state index < -0.39 is 15.3 Å². The standard InChI is InChI=1S/C7H5BrClNO4S/c8-5-1-3-6(4-2-5)14-7(11)10-15(9,12)13/h1-4H,(H,10,11). The molecule has 1 aromatic rings. The molecule has 8 heteroatoms. The second-order valence-electron chi connectivity index (χ2n) is 2.38. The van der Waals surface area contributed by atoms with Crippen molar-refractivity contribution in [3.05, 3.63) is 28.7 Å². The zero-order valence-electron chi connectivity index (χ0n) is 7.11. The fourth-order valence-electron chi connectivity index (χ4n) is 0.730. The number of nitrogens with one attached hydrogen (secondary N) is 1. The molecule has 0 aliphatic heterocycles. The Morgan fingerprint density at radius 1 is 1.33 bits per heavy atom. The van der Waals surface area contributed by atoms with Crippen molar-refractivity contribution in [2.75, 3.05) is 0 Å². The third kappa shape index (κ3) is 5.01. The summed E-state index contributed by atoms with van der Waals surface area (Å²) in [5.74, 6) is 0.205. The van der Waals surface area contributed by atoms with Crippen LogP contribution in [-0.4, -0.2) is 14.5 Å². The van der Waals surface area contributed by atoms with E-state index in [4.69, 9.17) is 10.7 Å². The monoisotopic (exact) mass is 313 g/mol. The first kappa shape index (κ1) is 12.3. The molecule has 5 nitrogen and oxygen atoms in total. The molecule has 0 saturated carbocycles. The van der Waals surface area contributed by atoms with E-state index in [-0.39, 0.29) is 5.75 Å². The average Bonchev–Trinajstić information content (AvgIpc) is 2.05. The van der Waals surface area contributed by atoms with Crippen LogP contribution in [0.1, 0.15) is 0 Å². The van der Waals surface area contributed by atoms with Crippen LogP contribution >= 0.6 is 26.6 Å². The van der Waals surface area contributed by atoms with Gasteiger partial charge in [-0.15, -0.1) is 0 Å². The summed E-state index contributed by atoms with van der Waals surface area (Å²) in [5.41, 5.74) is 0. The van der Waals surface area contributed by atoms with Crippen molar-refractivity contribution in [3.63, 3.8) is 0 Å². The number of hydrogen-bond donors (Lipinski definition) is 1. The van der Waals surface area contributed by atoms with Crippen molar-refractivity contribution in [2.24, 2.45) is 0 Å². The number of carbonyl (C=O) groups is 1. The average molecular weight is 315 g/mol. The van der Waals surface area contributed by atoms with Crippen molar-refractivity contribution in [1.29, 1.82) is 0 Å². The molecule has 82 valence electrons. The lowest BCUT2D eigenvalue weighted by molar-refractivity contribution is 0.207. The molecule has 0 bridgehead atoms. The maximum Gasteiger partial charge on any atom is 0.427 e. The molecule has 15 heavy (non-hydrogen) atoms. The highest BCUT2D eigenvalue weighted by atomic mass is 79.9. The van der Waals surface area contributed by atoms with Crippen LogP contribution in [0.3, 0.4) is 0 Å². The summed E-state index contributed by atoms with van der Waals surface area (Å²) in [6.45, 7) is 0. The summed E-state index contributed by atoms with van der Waals surface area (Å²) in [7, 11) is 0.659. The number of rotatable bonds is 2. The fourth-order valence-corrected chi connectivity index (χ4v) is 1.42. The highest BCUT2D eigenvalue weighted by molar-refractivity contribution is 9.10. The van der Waals surface area contributed by atoms with Crippen molar-refractivity contribution >= 4 is 41.9 Å². The van der Waals surface area contributed by atoms with Crippen LogP contribution in [0.5, 0.6) is 5.75 Å². The molecular formula is C7H5BrClNO4S. The molecule has 1 aromatic carbocycles. The summed E-state index contributed by atoms with van der Waals surface area (Å²) in [4.78, 5) is 10.9. The van der Waals surface area contributed by atoms with Gasteiger partial charge in [0, 0.05) is 15.2 Å². The Labute approximate surface area is 99.1 Å². The Bertz CT molecular complexity index is 458. The van der Waals surface area contributed by atoms with E-state index in [0.717, 1.165) is 4.47 Å². The summed E-state index contributed by atoms with van der Waals surface area (Å²) >= 11 is 3.19.